The van der Waals surface area contributed by atoms with E-state index in [1.54, 1.807) is 6.07 Å². The number of aromatic nitrogens is 1. The lowest BCUT2D eigenvalue weighted by atomic mass is 9.86. The Bertz CT molecular complexity index is 514. The van der Waals surface area contributed by atoms with Gasteiger partial charge in [0.15, 0.2) is 0 Å². The van der Waals surface area contributed by atoms with E-state index in [9.17, 15) is 4.79 Å². The Balaban J connectivity index is 1.94. The Labute approximate surface area is 136 Å². The number of aliphatic hydroxyl groups excluding tert-OH is 1. The van der Waals surface area contributed by atoms with Crippen molar-refractivity contribution < 1.29 is 14.6 Å². The van der Waals surface area contributed by atoms with Gasteiger partial charge >= 0.3 is 0 Å². The highest BCUT2D eigenvalue weighted by molar-refractivity contribution is 6.32. The Morgan fingerprint density at radius 1 is 1.45 bits per heavy atom. The van der Waals surface area contributed by atoms with Crippen molar-refractivity contribution in [2.45, 2.75) is 51.7 Å². The summed E-state index contributed by atoms with van der Waals surface area (Å²) in [5.41, 5.74) is 0.436. The third-order valence-corrected chi connectivity index (χ3v) is 4.13. The van der Waals surface area contributed by atoms with E-state index < -0.39 is 0 Å². The highest BCUT2D eigenvalue weighted by Crippen LogP contribution is 2.25. The maximum Gasteiger partial charge on any atom is 0.253 e. The maximum absolute atomic E-state index is 12.2. The van der Waals surface area contributed by atoms with Crippen molar-refractivity contribution in [2.24, 2.45) is 5.92 Å². The molecule has 0 radical (unpaired) electrons. The van der Waals surface area contributed by atoms with Gasteiger partial charge in [0.2, 0.25) is 5.88 Å². The second-order valence-corrected chi connectivity index (χ2v) is 6.46. The third-order valence-electron chi connectivity index (χ3n) is 3.86. The first kappa shape index (κ1) is 17.0. The Kier molecular flexibility index (Phi) is 6.03. The lowest BCUT2D eigenvalue weighted by Crippen LogP contribution is -2.38. The number of nitrogens with zero attached hydrogens (tertiary/aromatic N) is 1. The Morgan fingerprint density at radius 2 is 2.14 bits per heavy atom. The molecule has 0 unspecified atom stereocenters. The van der Waals surface area contributed by atoms with Gasteiger partial charge in [-0.3, -0.25) is 4.79 Å². The number of halogens is 1. The molecular weight excluding hydrogens is 304 g/mol. The van der Waals surface area contributed by atoms with Crippen LogP contribution in [0.25, 0.3) is 0 Å². The molecule has 0 atom stereocenters. The minimum Gasteiger partial charge on any atom is -0.474 e. The lowest BCUT2D eigenvalue weighted by molar-refractivity contribution is 0.0913. The first-order valence-electron chi connectivity index (χ1n) is 7.73. The molecule has 1 aromatic heterocycles. The first-order valence-corrected chi connectivity index (χ1v) is 8.11. The third kappa shape index (κ3) is 4.58. The molecule has 0 aromatic carbocycles. The van der Waals surface area contributed by atoms with Crippen LogP contribution in [0.3, 0.4) is 0 Å². The summed E-state index contributed by atoms with van der Waals surface area (Å²) in [5.74, 6) is 0.548. The normalized spacial score (nSPS) is 21.7. The zero-order valence-corrected chi connectivity index (χ0v) is 13.8. The Morgan fingerprint density at radius 3 is 2.68 bits per heavy atom. The van der Waals surface area contributed by atoms with Gasteiger partial charge < -0.3 is 15.2 Å². The highest BCUT2D eigenvalue weighted by atomic mass is 35.5. The first-order chi connectivity index (χ1) is 10.5. The topological polar surface area (TPSA) is 71.5 Å². The van der Waals surface area contributed by atoms with Crippen LogP contribution in [0.2, 0.25) is 5.02 Å². The number of aliphatic hydroxyl groups is 1. The summed E-state index contributed by atoms with van der Waals surface area (Å²) in [6.45, 7) is 4.01. The van der Waals surface area contributed by atoms with Crippen LogP contribution in [0.1, 0.15) is 49.9 Å². The molecule has 0 spiro atoms. The van der Waals surface area contributed by atoms with E-state index in [4.69, 9.17) is 21.4 Å². The van der Waals surface area contributed by atoms with E-state index in [0.29, 0.717) is 22.4 Å². The predicted octanol–water partition coefficient (Wildman–Crippen LogP) is 2.80. The quantitative estimate of drug-likeness (QED) is 0.872. The minimum absolute atomic E-state index is 0.0219. The van der Waals surface area contributed by atoms with Crippen LogP contribution < -0.4 is 10.1 Å². The van der Waals surface area contributed by atoms with Crippen molar-refractivity contribution in [3.05, 3.63) is 22.8 Å². The minimum atomic E-state index is -0.169. The molecule has 1 aliphatic carbocycles. The number of pyridine rings is 1. The fourth-order valence-electron chi connectivity index (χ4n) is 2.62. The molecule has 1 amide bonds. The monoisotopic (exact) mass is 326 g/mol. The molecule has 2 N–H and O–H groups in total. The van der Waals surface area contributed by atoms with Gasteiger partial charge in [0.25, 0.3) is 5.91 Å². The zero-order chi connectivity index (χ0) is 16.1. The van der Waals surface area contributed by atoms with Crippen LogP contribution >= 0.6 is 11.6 Å². The maximum atomic E-state index is 12.2. The molecule has 0 bridgehead atoms. The van der Waals surface area contributed by atoms with Crippen molar-refractivity contribution >= 4 is 17.5 Å². The fourth-order valence-corrected chi connectivity index (χ4v) is 2.83. The molecule has 1 saturated carbocycles. The fraction of sp³-hybridized carbons (Fsp3) is 0.625. The number of ether oxygens (including phenoxy) is 1. The van der Waals surface area contributed by atoms with Crippen LogP contribution in [0, 0.1) is 5.92 Å². The lowest BCUT2D eigenvalue weighted by Gasteiger charge is -2.27. The summed E-state index contributed by atoms with van der Waals surface area (Å²) in [5, 5.41) is 12.5. The molecule has 122 valence electrons. The molecule has 1 fully saturated rings. The second kappa shape index (κ2) is 7.79. The molecule has 1 aromatic rings. The average Bonchev–Trinajstić information content (AvgIpc) is 2.49. The van der Waals surface area contributed by atoms with E-state index >= 15 is 0 Å². The van der Waals surface area contributed by atoms with Gasteiger partial charge in [-0.2, -0.15) is 0 Å². The molecule has 5 nitrogen and oxygen atoms in total. The van der Waals surface area contributed by atoms with Crippen LogP contribution in [0.4, 0.5) is 0 Å². The van der Waals surface area contributed by atoms with Gasteiger partial charge in [-0.15, -0.1) is 0 Å². The highest BCUT2D eigenvalue weighted by Gasteiger charge is 2.22. The van der Waals surface area contributed by atoms with Gasteiger partial charge in [-0.25, -0.2) is 4.98 Å². The van der Waals surface area contributed by atoms with Crippen molar-refractivity contribution in [1.29, 1.82) is 0 Å². The van der Waals surface area contributed by atoms with Gasteiger partial charge in [-0.05, 0) is 51.5 Å². The molecular formula is C16H23ClN2O3. The van der Waals surface area contributed by atoms with Crippen molar-refractivity contribution in [3.63, 3.8) is 0 Å². The van der Waals surface area contributed by atoms with Crippen molar-refractivity contribution in [2.75, 3.05) is 6.61 Å². The van der Waals surface area contributed by atoms with Gasteiger partial charge in [-0.1, -0.05) is 11.6 Å². The van der Waals surface area contributed by atoms with Gasteiger partial charge in [0, 0.05) is 18.8 Å². The van der Waals surface area contributed by atoms with Gasteiger partial charge in [0.05, 0.1) is 11.7 Å². The molecule has 1 aliphatic rings. The Hall–Kier alpha value is -1.33. The number of hydrogen-bond donors (Lipinski definition) is 2. The van der Waals surface area contributed by atoms with Crippen LogP contribution in [-0.4, -0.2) is 34.8 Å². The summed E-state index contributed by atoms with van der Waals surface area (Å²) in [4.78, 5) is 16.4. The predicted molar refractivity (Wildman–Crippen MR) is 85.3 cm³/mol. The number of rotatable bonds is 5. The zero-order valence-electron chi connectivity index (χ0n) is 13.0. The van der Waals surface area contributed by atoms with E-state index in [1.165, 1.54) is 6.20 Å². The van der Waals surface area contributed by atoms with Crippen LogP contribution in [0.15, 0.2) is 12.3 Å². The van der Waals surface area contributed by atoms with Crippen LogP contribution in [0.5, 0.6) is 5.88 Å². The van der Waals surface area contributed by atoms with E-state index in [-0.39, 0.29) is 24.7 Å². The molecule has 6 heteroatoms. The number of carbonyl (C=O) groups is 1. The smallest absolute Gasteiger partial charge is 0.253 e. The van der Waals surface area contributed by atoms with E-state index in [0.717, 1.165) is 25.7 Å². The van der Waals surface area contributed by atoms with E-state index in [2.05, 4.69) is 10.3 Å². The standard InChI is InChI=1S/C16H23ClN2O3/c1-10(2)22-16-14(17)7-12(8-18-16)15(21)19-13-5-3-11(9-20)4-6-13/h7-8,10-11,13,20H,3-6,9H2,1-2H3,(H,19,21). The summed E-state index contributed by atoms with van der Waals surface area (Å²) in [6.07, 6.45) is 5.15. The molecule has 0 saturated heterocycles. The number of hydrogen-bond acceptors (Lipinski definition) is 4. The largest absolute Gasteiger partial charge is 0.474 e. The molecule has 22 heavy (non-hydrogen) atoms. The summed E-state index contributed by atoms with van der Waals surface area (Å²) < 4.78 is 5.46. The average molecular weight is 327 g/mol. The number of amides is 1. The van der Waals surface area contributed by atoms with Crippen molar-refractivity contribution in [1.82, 2.24) is 10.3 Å². The summed E-state index contributed by atoms with van der Waals surface area (Å²) >= 11 is 6.10. The molecule has 2 rings (SSSR count). The summed E-state index contributed by atoms with van der Waals surface area (Å²) in [6, 6.07) is 1.74. The molecule has 1 heterocycles. The van der Waals surface area contributed by atoms with E-state index in [1.807, 2.05) is 13.8 Å². The number of carbonyl (C=O) groups excluding carboxylic acids is 1. The van der Waals surface area contributed by atoms with Gasteiger partial charge in [0.1, 0.15) is 5.02 Å². The van der Waals surface area contributed by atoms with Crippen LogP contribution in [-0.2, 0) is 0 Å². The number of nitrogens with one attached hydrogen (secondary N) is 1. The molecule has 0 aliphatic heterocycles. The summed E-state index contributed by atoms with van der Waals surface area (Å²) in [7, 11) is 0. The SMILES string of the molecule is CC(C)Oc1ncc(C(=O)NC2CCC(CO)CC2)cc1Cl. The van der Waals surface area contributed by atoms with Crippen molar-refractivity contribution in [3.8, 4) is 5.88 Å². The second-order valence-electron chi connectivity index (χ2n) is 6.05.